The number of fused-ring (bicyclic) bond motifs is 1. The highest BCUT2D eigenvalue weighted by atomic mass is 16.3. The van der Waals surface area contributed by atoms with Crippen molar-refractivity contribution >= 4 is 10.8 Å². The average molecular weight is 667 g/mol. The van der Waals surface area contributed by atoms with Crippen molar-refractivity contribution in [2.75, 3.05) is 0 Å². The molecule has 0 heterocycles. The van der Waals surface area contributed by atoms with Crippen molar-refractivity contribution in [3.63, 3.8) is 0 Å². The van der Waals surface area contributed by atoms with Crippen molar-refractivity contribution < 1.29 is 20.4 Å². The lowest BCUT2D eigenvalue weighted by atomic mass is 9.73. The van der Waals surface area contributed by atoms with Gasteiger partial charge < -0.3 is 20.4 Å². The first-order valence-corrected chi connectivity index (χ1v) is 17.4. The lowest BCUT2D eigenvalue weighted by Gasteiger charge is -2.31. The van der Waals surface area contributed by atoms with E-state index in [0.29, 0.717) is 11.5 Å². The Kier molecular flexibility index (Phi) is 10.6. The summed E-state index contributed by atoms with van der Waals surface area (Å²) in [5.41, 5.74) is 8.14. The Morgan fingerprint density at radius 3 is 1.32 bits per heavy atom. The van der Waals surface area contributed by atoms with Gasteiger partial charge in [0.1, 0.15) is 23.0 Å². The maximum absolute atomic E-state index is 10.0. The molecule has 6 aromatic rings. The molecular formula is C46H50O4. The monoisotopic (exact) mass is 666 g/mol. The molecule has 4 heteroatoms. The third kappa shape index (κ3) is 8.14. The molecule has 4 nitrogen and oxygen atoms in total. The van der Waals surface area contributed by atoms with Crippen LogP contribution in [0, 0.1) is 0 Å². The first-order chi connectivity index (χ1) is 23.7. The largest absolute Gasteiger partial charge is 0.508 e. The molecule has 258 valence electrons. The van der Waals surface area contributed by atoms with Crippen LogP contribution in [0.1, 0.15) is 106 Å². The summed E-state index contributed by atoms with van der Waals surface area (Å²) in [6.07, 6.45) is 0.960. The molecule has 0 saturated carbocycles. The zero-order chi connectivity index (χ0) is 36.2. The number of hydrogen-bond donors (Lipinski definition) is 4. The second kappa shape index (κ2) is 14.7. The standard InChI is InChI=1S/C23H18O2.C23H32O2/c24-19-12-8-17(9-13-19)23(18-10-14-20(25)15-11-18)22-7-3-5-16-4-1-2-6-21(16)22;1-8-17(18-11-9-15(24)13-20(18)22(2,3)4)19-12-10-16(25)14-21(19)23(5,6)7/h1-15,23-25H;9-14,17,24-25H,8H2,1-7H3. The predicted octanol–water partition coefficient (Wildman–Crippen LogP) is 11.7. The molecule has 0 unspecified atom stereocenters. The fourth-order valence-electron chi connectivity index (χ4n) is 6.99. The topological polar surface area (TPSA) is 80.9 Å². The molecular weight excluding hydrogens is 617 g/mol. The van der Waals surface area contributed by atoms with Gasteiger partial charge >= 0.3 is 0 Å². The van der Waals surface area contributed by atoms with E-state index in [-0.39, 0.29) is 34.2 Å². The molecule has 0 aromatic heterocycles. The minimum absolute atomic E-state index is 0.0206. The van der Waals surface area contributed by atoms with E-state index in [1.807, 2.05) is 42.5 Å². The van der Waals surface area contributed by atoms with Gasteiger partial charge in [-0.1, -0.05) is 127 Å². The van der Waals surface area contributed by atoms with Gasteiger partial charge in [0.2, 0.25) is 0 Å². The molecule has 50 heavy (non-hydrogen) atoms. The van der Waals surface area contributed by atoms with E-state index < -0.39 is 0 Å². The fourth-order valence-corrected chi connectivity index (χ4v) is 6.99. The van der Waals surface area contributed by atoms with Gasteiger partial charge in [-0.3, -0.25) is 0 Å². The summed E-state index contributed by atoms with van der Waals surface area (Å²) in [6, 6.07) is 40.8. The number of phenols is 4. The molecule has 0 radical (unpaired) electrons. The molecule has 0 spiro atoms. The van der Waals surface area contributed by atoms with Crippen LogP contribution >= 0.6 is 0 Å². The summed E-state index contributed by atoms with van der Waals surface area (Å²) >= 11 is 0. The Labute approximate surface area is 297 Å². The van der Waals surface area contributed by atoms with E-state index in [2.05, 4.69) is 97.0 Å². The van der Waals surface area contributed by atoms with Crippen LogP contribution < -0.4 is 0 Å². The molecule has 0 fully saturated rings. The van der Waals surface area contributed by atoms with Gasteiger partial charge in [-0.25, -0.2) is 0 Å². The van der Waals surface area contributed by atoms with Crippen molar-refractivity contribution in [2.45, 2.75) is 77.6 Å². The van der Waals surface area contributed by atoms with Gasteiger partial charge in [-0.15, -0.1) is 0 Å². The van der Waals surface area contributed by atoms with Gasteiger partial charge in [0.25, 0.3) is 0 Å². The van der Waals surface area contributed by atoms with Crippen molar-refractivity contribution in [1.82, 2.24) is 0 Å². The van der Waals surface area contributed by atoms with Crippen molar-refractivity contribution in [3.05, 3.63) is 166 Å². The van der Waals surface area contributed by atoms with Gasteiger partial charge in [-0.2, -0.15) is 0 Å². The second-order valence-electron chi connectivity index (χ2n) is 15.2. The third-order valence-corrected chi connectivity index (χ3v) is 9.44. The molecule has 4 N–H and O–H groups in total. The van der Waals surface area contributed by atoms with Crippen LogP contribution in [0.2, 0.25) is 0 Å². The number of hydrogen-bond acceptors (Lipinski definition) is 4. The zero-order valence-corrected chi connectivity index (χ0v) is 30.3. The van der Waals surface area contributed by atoms with Crippen LogP contribution in [0.15, 0.2) is 127 Å². The molecule has 6 rings (SSSR count). The van der Waals surface area contributed by atoms with E-state index in [9.17, 15) is 20.4 Å². The van der Waals surface area contributed by atoms with Crippen molar-refractivity contribution in [3.8, 4) is 23.0 Å². The molecule has 0 aliphatic rings. The molecule has 0 atom stereocenters. The fraction of sp³-hybridized carbons (Fsp3) is 0.261. The lowest BCUT2D eigenvalue weighted by molar-refractivity contribution is 0.468. The first kappa shape index (κ1) is 36.1. The van der Waals surface area contributed by atoms with Crippen molar-refractivity contribution in [1.29, 1.82) is 0 Å². The number of aromatic hydroxyl groups is 4. The van der Waals surface area contributed by atoms with Gasteiger partial charge in [0, 0.05) is 11.8 Å². The molecule has 0 amide bonds. The third-order valence-electron chi connectivity index (χ3n) is 9.44. The Hall–Kier alpha value is -5.22. The van der Waals surface area contributed by atoms with Gasteiger partial charge in [0.05, 0.1) is 0 Å². The maximum Gasteiger partial charge on any atom is 0.115 e. The maximum atomic E-state index is 10.0. The lowest BCUT2D eigenvalue weighted by Crippen LogP contribution is -2.20. The van der Waals surface area contributed by atoms with Crippen molar-refractivity contribution in [2.24, 2.45) is 0 Å². The SMILES string of the molecule is CCC(c1ccc(O)cc1C(C)(C)C)c1ccc(O)cc1C(C)(C)C.Oc1ccc(C(c2ccc(O)cc2)c2cccc3ccccc23)cc1. The second-order valence-corrected chi connectivity index (χ2v) is 15.2. The van der Waals surface area contributed by atoms with E-state index in [1.165, 1.54) is 38.6 Å². The summed E-state index contributed by atoms with van der Waals surface area (Å²) < 4.78 is 0. The van der Waals surface area contributed by atoms with Gasteiger partial charge in [-0.05, 0) is 115 Å². The highest BCUT2D eigenvalue weighted by Gasteiger charge is 2.28. The van der Waals surface area contributed by atoms with Crippen LogP contribution in [0.4, 0.5) is 0 Å². The van der Waals surface area contributed by atoms with Crippen LogP contribution in [0.25, 0.3) is 10.8 Å². The minimum Gasteiger partial charge on any atom is -0.508 e. The van der Waals surface area contributed by atoms with Gasteiger partial charge in [0.15, 0.2) is 0 Å². The summed E-state index contributed by atoms with van der Waals surface area (Å²) in [4.78, 5) is 0. The number of benzene rings is 6. The van der Waals surface area contributed by atoms with Crippen LogP contribution in [0.3, 0.4) is 0 Å². The highest BCUT2D eigenvalue weighted by molar-refractivity contribution is 5.87. The molecule has 0 aliphatic carbocycles. The van der Waals surface area contributed by atoms with E-state index in [1.54, 1.807) is 36.4 Å². The summed E-state index contributed by atoms with van der Waals surface area (Å²) in [5, 5.41) is 41.7. The van der Waals surface area contributed by atoms with Crippen LogP contribution in [-0.2, 0) is 10.8 Å². The first-order valence-electron chi connectivity index (χ1n) is 17.4. The quantitative estimate of drug-likeness (QED) is 0.133. The van der Waals surface area contributed by atoms with E-state index >= 15 is 0 Å². The Bertz CT molecular complexity index is 1930. The highest BCUT2D eigenvalue weighted by Crippen LogP contribution is 2.42. The summed E-state index contributed by atoms with van der Waals surface area (Å²) in [7, 11) is 0. The predicted molar refractivity (Wildman–Crippen MR) is 207 cm³/mol. The number of phenolic OH excluding ortho intramolecular Hbond substituents is 4. The normalized spacial score (nSPS) is 11.9. The summed E-state index contributed by atoms with van der Waals surface area (Å²) in [6.45, 7) is 15.3. The molecule has 0 saturated heterocycles. The van der Waals surface area contributed by atoms with E-state index in [4.69, 9.17) is 0 Å². The minimum atomic E-state index is -0.0552. The zero-order valence-electron chi connectivity index (χ0n) is 30.3. The Balaban J connectivity index is 0.000000194. The smallest absolute Gasteiger partial charge is 0.115 e. The molecule has 0 bridgehead atoms. The Morgan fingerprint density at radius 2 is 0.880 bits per heavy atom. The molecule has 6 aromatic carbocycles. The average Bonchev–Trinajstić information content (AvgIpc) is 3.07. The van der Waals surface area contributed by atoms with Crippen LogP contribution in [-0.4, -0.2) is 20.4 Å². The van der Waals surface area contributed by atoms with E-state index in [0.717, 1.165) is 17.5 Å². The Morgan fingerprint density at radius 1 is 0.460 bits per heavy atom. The van der Waals surface area contributed by atoms with Crippen LogP contribution in [0.5, 0.6) is 23.0 Å². The number of rotatable bonds is 6. The molecule has 0 aliphatic heterocycles. The summed E-state index contributed by atoms with van der Waals surface area (Å²) in [5.74, 6) is 1.38.